The van der Waals surface area contributed by atoms with Crippen LogP contribution in [0.25, 0.3) is 11.3 Å². The zero-order chi connectivity index (χ0) is 43.6. The molecule has 0 spiro atoms. The van der Waals surface area contributed by atoms with Crippen LogP contribution in [-0.4, -0.2) is 129 Å². The van der Waals surface area contributed by atoms with E-state index in [9.17, 15) is 24.2 Å². The van der Waals surface area contributed by atoms with Gasteiger partial charge in [0, 0.05) is 0 Å². The van der Waals surface area contributed by atoms with Gasteiger partial charge in [-0.25, -0.2) is 47.3 Å². The molecule has 4 N–H and O–H groups in total. The van der Waals surface area contributed by atoms with Crippen LogP contribution in [0.5, 0.6) is 0 Å². The predicted molar refractivity (Wildman–Crippen MR) is 234 cm³/mol. The Bertz CT molecular complexity index is 2520. The van der Waals surface area contributed by atoms with Crippen molar-refractivity contribution in [1.29, 1.82) is 0 Å². The molecule has 2 fully saturated rings. The maximum atomic E-state index is 16.7. The summed E-state index contributed by atoms with van der Waals surface area (Å²) < 4.78 is 57.2. The SMILES string of the molecule is C.C.CSc1nc(N)c2ncc([C@@H]3O[C@H](CO)[C@@H](O)[C@@]3(C)F)n2n1.CSc1nc(SC)c2ncc([C@@H]3O[C@H](COC(=O)c4ccccc4)[C@@H](OC(=O)c4ccccc4)[C@@]3(C)F)n2n1. The van der Waals surface area contributed by atoms with Crippen molar-refractivity contribution in [3.8, 4) is 0 Å². The number of alkyl halides is 2. The lowest BCUT2D eigenvalue weighted by molar-refractivity contribution is -0.0449. The van der Waals surface area contributed by atoms with Crippen molar-refractivity contribution in [2.45, 2.75) is 92.0 Å². The summed E-state index contributed by atoms with van der Waals surface area (Å²) in [6.07, 6.45) is 1.03. The molecule has 0 bridgehead atoms. The molecule has 0 saturated carbocycles. The molecule has 0 aliphatic carbocycles. The Hall–Kier alpha value is -4.97. The molecule has 8 atom stereocenters. The van der Waals surface area contributed by atoms with Gasteiger partial charge in [0.1, 0.15) is 42.2 Å². The molecule has 22 heteroatoms. The summed E-state index contributed by atoms with van der Waals surface area (Å²) in [5, 5.41) is 29.4. The van der Waals surface area contributed by atoms with E-state index in [1.165, 1.54) is 70.6 Å². The molecule has 0 amide bonds. The van der Waals surface area contributed by atoms with E-state index in [-0.39, 0.29) is 38.5 Å². The highest BCUT2D eigenvalue weighted by Crippen LogP contribution is 2.47. The van der Waals surface area contributed by atoms with Crippen molar-refractivity contribution >= 4 is 64.3 Å². The van der Waals surface area contributed by atoms with Crippen LogP contribution in [0.15, 0.2) is 88.4 Å². The third kappa shape index (κ3) is 9.61. The summed E-state index contributed by atoms with van der Waals surface area (Å²) in [4.78, 5) is 42.6. The van der Waals surface area contributed by atoms with Crippen LogP contribution < -0.4 is 5.73 Å². The summed E-state index contributed by atoms with van der Waals surface area (Å²) in [7, 11) is 0. The van der Waals surface area contributed by atoms with Gasteiger partial charge >= 0.3 is 11.9 Å². The number of halogens is 2. The fourth-order valence-corrected chi connectivity index (χ4v) is 8.22. The Kier molecular flexibility index (Phi) is 15.8. The lowest BCUT2D eigenvalue weighted by Gasteiger charge is -2.27. The van der Waals surface area contributed by atoms with Crippen molar-refractivity contribution < 1.29 is 47.5 Å². The largest absolute Gasteiger partial charge is 0.459 e. The first-order valence-corrected chi connectivity index (χ1v) is 22.2. The highest BCUT2D eigenvalue weighted by molar-refractivity contribution is 7.99. The van der Waals surface area contributed by atoms with Gasteiger partial charge in [-0.1, -0.05) is 74.8 Å². The van der Waals surface area contributed by atoms with E-state index in [0.29, 0.717) is 37.9 Å². The van der Waals surface area contributed by atoms with E-state index in [0.717, 1.165) is 0 Å². The van der Waals surface area contributed by atoms with Gasteiger partial charge in [0.05, 0.1) is 41.5 Å². The molecule has 0 unspecified atom stereocenters. The Morgan fingerprint density at radius 2 is 1.29 bits per heavy atom. The smallest absolute Gasteiger partial charge is 0.338 e. The second-order valence-corrected chi connectivity index (χ2v) is 16.5. The van der Waals surface area contributed by atoms with Gasteiger partial charge in [0.15, 0.2) is 34.6 Å². The third-order valence-electron chi connectivity index (χ3n) is 10.1. The summed E-state index contributed by atoms with van der Waals surface area (Å²) >= 11 is 4.01. The van der Waals surface area contributed by atoms with Crippen molar-refractivity contribution in [3.63, 3.8) is 0 Å². The molecule has 63 heavy (non-hydrogen) atoms. The first-order chi connectivity index (χ1) is 29.2. The van der Waals surface area contributed by atoms with Crippen molar-refractivity contribution in [3.05, 3.63) is 95.6 Å². The van der Waals surface area contributed by atoms with Crippen LogP contribution >= 0.6 is 35.3 Å². The van der Waals surface area contributed by atoms with E-state index >= 15 is 4.39 Å². The van der Waals surface area contributed by atoms with E-state index in [1.807, 2.05) is 12.5 Å². The minimum Gasteiger partial charge on any atom is -0.459 e. The summed E-state index contributed by atoms with van der Waals surface area (Å²) in [5.74, 6) is -1.15. The number of benzene rings is 2. The number of nitrogens with zero attached hydrogens (tertiary/aromatic N) is 8. The van der Waals surface area contributed by atoms with Crippen LogP contribution in [0.4, 0.5) is 14.6 Å². The molecular weight excluding hydrogens is 881 g/mol. The fraction of sp³-hybridized carbons (Fsp3) is 0.415. The van der Waals surface area contributed by atoms with Gasteiger partial charge in [0.2, 0.25) is 10.3 Å². The number of aliphatic hydroxyl groups excluding tert-OH is 2. The summed E-state index contributed by atoms with van der Waals surface area (Å²) in [6, 6.07) is 16.7. The highest BCUT2D eigenvalue weighted by atomic mass is 32.2. The van der Waals surface area contributed by atoms with Crippen LogP contribution in [0, 0.1) is 0 Å². The second kappa shape index (κ2) is 20.2. The van der Waals surface area contributed by atoms with Gasteiger partial charge in [-0.2, -0.15) is 0 Å². The minimum atomic E-state index is -2.23. The Labute approximate surface area is 374 Å². The van der Waals surface area contributed by atoms with E-state index in [4.69, 9.17) is 24.7 Å². The zero-order valence-electron chi connectivity index (χ0n) is 33.3. The van der Waals surface area contributed by atoms with Gasteiger partial charge in [0.25, 0.3) is 0 Å². The number of anilines is 1. The molecule has 2 aliphatic rings. The number of aliphatic hydroxyl groups is 2. The fourth-order valence-electron chi connectivity index (χ4n) is 6.97. The van der Waals surface area contributed by atoms with Crippen molar-refractivity contribution in [2.75, 3.05) is 37.7 Å². The number of nitrogen functional groups attached to an aromatic ring is 1. The minimum absolute atomic E-state index is 0. The number of carbonyl (C=O) groups is 2. The highest BCUT2D eigenvalue weighted by Gasteiger charge is 2.59. The molecule has 6 aromatic rings. The first-order valence-electron chi connectivity index (χ1n) is 18.6. The number of nitrogens with two attached hydrogens (primary N) is 1. The predicted octanol–water partition coefficient (Wildman–Crippen LogP) is 6.04. The number of fused-ring (bicyclic) bond motifs is 2. The van der Waals surface area contributed by atoms with Crippen LogP contribution in [-0.2, 0) is 18.9 Å². The number of hydrogen-bond acceptors (Lipinski definition) is 18. The Balaban J connectivity index is 0.000000265. The third-order valence-corrected chi connectivity index (χ3v) is 11.8. The van der Waals surface area contributed by atoms with Crippen molar-refractivity contribution in [2.24, 2.45) is 0 Å². The maximum Gasteiger partial charge on any atom is 0.338 e. The topological polar surface area (TPSA) is 224 Å². The number of hydrogen-bond donors (Lipinski definition) is 3. The number of ether oxygens (including phenoxy) is 4. The lowest BCUT2D eigenvalue weighted by atomic mass is 9.93. The van der Waals surface area contributed by atoms with Gasteiger partial charge in [-0.3, -0.25) is 0 Å². The number of carbonyl (C=O) groups excluding carboxylic acids is 2. The number of thioether (sulfide) groups is 3. The number of aromatic nitrogens is 8. The standard InChI is InChI=1S/C27H25FN4O5S2.C12H16FN5O3S.2CH4/c1-27(28)20(18-14-29-22-23(38-2)30-26(39-3)31-32(18)22)36-19(15-35-24(33)16-10-6-4-7-11-16)21(27)37-25(34)17-12-8-5-9-13-17;1-12(13)7(20)6(4-19)21-8(12)5-3-15-10-9(14)16-11(22-2)17-18(5)10;;/h4-14,19-21H,15H2,1-3H3;3,6-8,19-20H,4H2,1-2H3,(H2,14,16,17);2*1H4/t19-,20+,21-,27+;6-,7-,8+,12-;;/m11../s1. The van der Waals surface area contributed by atoms with Crippen molar-refractivity contribution in [1.82, 2.24) is 39.2 Å². The second-order valence-electron chi connectivity index (χ2n) is 14.1. The molecule has 0 radical (unpaired) electrons. The summed E-state index contributed by atoms with van der Waals surface area (Å²) in [5.41, 5.74) is 3.45. The number of imidazole rings is 2. The molecule has 6 heterocycles. The average Bonchev–Trinajstić information content (AvgIpc) is 4.01. The van der Waals surface area contributed by atoms with E-state index < -0.39 is 66.5 Å². The molecule has 2 saturated heterocycles. The van der Waals surface area contributed by atoms with Gasteiger partial charge < -0.3 is 34.9 Å². The monoisotopic (exact) mass is 929 g/mol. The van der Waals surface area contributed by atoms with E-state index in [1.54, 1.807) is 66.9 Å². The first kappa shape index (κ1) is 49.1. The molecule has 2 aliphatic heterocycles. The molecule has 338 valence electrons. The zero-order valence-corrected chi connectivity index (χ0v) is 35.7. The molecule has 17 nitrogen and oxygen atoms in total. The molecule has 4 aromatic heterocycles. The molecule has 8 rings (SSSR count). The number of esters is 2. The molecule has 2 aromatic carbocycles. The van der Waals surface area contributed by atoms with E-state index in [2.05, 4.69) is 30.1 Å². The average molecular weight is 930 g/mol. The normalized spacial score (nSPS) is 25.2. The van der Waals surface area contributed by atoms with Gasteiger partial charge in [-0.05, 0) is 56.9 Å². The Morgan fingerprint density at radius 3 is 1.83 bits per heavy atom. The quantitative estimate of drug-likeness (QED) is 0.0995. The summed E-state index contributed by atoms with van der Waals surface area (Å²) in [6.45, 7) is 1.69. The van der Waals surface area contributed by atoms with Crippen LogP contribution in [0.1, 0.15) is 73.0 Å². The number of rotatable bonds is 11. The Morgan fingerprint density at radius 1 is 0.778 bits per heavy atom. The maximum absolute atomic E-state index is 16.7. The lowest BCUT2D eigenvalue weighted by Crippen LogP contribution is -2.43. The van der Waals surface area contributed by atoms with Gasteiger partial charge in [-0.15, -0.1) is 22.0 Å². The van der Waals surface area contributed by atoms with Crippen LogP contribution in [0.3, 0.4) is 0 Å². The molecular formula is C41H49F2N9O8S3. The van der Waals surface area contributed by atoms with Crippen LogP contribution in [0.2, 0.25) is 0 Å².